The van der Waals surface area contributed by atoms with Crippen molar-refractivity contribution >= 4 is 17.5 Å². The quantitative estimate of drug-likeness (QED) is 0.845. The van der Waals surface area contributed by atoms with Gasteiger partial charge in [-0.1, -0.05) is 12.1 Å². The average molecular weight is 262 g/mol. The van der Waals surface area contributed by atoms with Crippen LogP contribution in [0.1, 0.15) is 24.8 Å². The molecule has 0 aromatic heterocycles. The van der Waals surface area contributed by atoms with Gasteiger partial charge in [0, 0.05) is 6.04 Å². The number of likely N-dealkylation sites (tertiary alicyclic amines) is 1. The molecule has 2 aliphatic rings. The van der Waals surface area contributed by atoms with Crippen LogP contribution in [0.2, 0.25) is 0 Å². The van der Waals surface area contributed by atoms with Gasteiger partial charge in [-0.25, -0.2) is 4.39 Å². The highest BCUT2D eigenvalue weighted by molar-refractivity contribution is 6.07. The first-order valence-electron chi connectivity index (χ1n) is 6.45. The molecule has 2 fully saturated rings. The zero-order chi connectivity index (χ0) is 13.6. The van der Waals surface area contributed by atoms with Crippen LogP contribution in [0.25, 0.3) is 0 Å². The lowest BCUT2D eigenvalue weighted by Gasteiger charge is -2.16. The molecule has 1 aromatic rings. The smallest absolute Gasteiger partial charge is 0.252 e. The fourth-order valence-electron chi connectivity index (χ4n) is 2.47. The van der Waals surface area contributed by atoms with E-state index in [0.717, 1.165) is 18.4 Å². The van der Waals surface area contributed by atoms with Crippen molar-refractivity contribution in [3.8, 4) is 0 Å². The Morgan fingerprint density at radius 3 is 2.68 bits per heavy atom. The molecular formula is C14H15FN2O2. The first kappa shape index (κ1) is 12.1. The Morgan fingerprint density at radius 2 is 2.05 bits per heavy atom. The number of hydrogen-bond acceptors (Lipinski definition) is 3. The highest BCUT2D eigenvalue weighted by atomic mass is 19.1. The van der Waals surface area contributed by atoms with E-state index in [-0.39, 0.29) is 24.3 Å². The molecule has 0 bridgehead atoms. The van der Waals surface area contributed by atoms with E-state index in [4.69, 9.17) is 0 Å². The molecule has 1 heterocycles. The predicted molar refractivity (Wildman–Crippen MR) is 68.0 cm³/mol. The molecule has 1 aliphatic carbocycles. The van der Waals surface area contributed by atoms with Crippen molar-refractivity contribution in [1.29, 1.82) is 0 Å². The maximum Gasteiger partial charge on any atom is 0.252 e. The summed E-state index contributed by atoms with van der Waals surface area (Å²) in [5, 5.41) is 2.88. The van der Waals surface area contributed by atoms with Crippen LogP contribution >= 0.6 is 0 Å². The van der Waals surface area contributed by atoms with Gasteiger partial charge in [-0.3, -0.25) is 14.5 Å². The minimum Gasteiger partial charge on any atom is -0.371 e. The number of hydrogen-bond donors (Lipinski definition) is 1. The van der Waals surface area contributed by atoms with E-state index in [1.54, 1.807) is 19.1 Å². The molecule has 1 atom stereocenters. The van der Waals surface area contributed by atoms with E-state index in [2.05, 4.69) is 5.32 Å². The number of nitrogens with one attached hydrogen (secondary N) is 1. The number of aryl methyl sites for hydroxylation is 1. The van der Waals surface area contributed by atoms with Crippen molar-refractivity contribution in [2.45, 2.75) is 38.3 Å². The Labute approximate surface area is 110 Å². The third-order valence-corrected chi connectivity index (χ3v) is 3.64. The SMILES string of the molecule is Cc1cccc(F)c1NC1CC(=O)N(C2CC2)C1=O. The Kier molecular flexibility index (Phi) is 2.77. The van der Waals surface area contributed by atoms with E-state index in [0.29, 0.717) is 5.69 Å². The second kappa shape index (κ2) is 4.33. The molecule has 0 radical (unpaired) electrons. The van der Waals surface area contributed by atoms with E-state index in [9.17, 15) is 14.0 Å². The summed E-state index contributed by atoms with van der Waals surface area (Å²) in [5.41, 5.74) is 1.04. The predicted octanol–water partition coefficient (Wildman–Crippen LogP) is 1.84. The lowest BCUT2D eigenvalue weighted by Crippen LogP contribution is -2.36. The third-order valence-electron chi connectivity index (χ3n) is 3.64. The number of nitrogens with zero attached hydrogens (tertiary/aromatic N) is 1. The molecule has 1 saturated heterocycles. The number of halogens is 1. The van der Waals surface area contributed by atoms with Crippen molar-refractivity contribution in [3.63, 3.8) is 0 Å². The number of amides is 2. The number of anilines is 1. The van der Waals surface area contributed by atoms with E-state index in [1.165, 1.54) is 11.0 Å². The van der Waals surface area contributed by atoms with Crippen LogP contribution in [0, 0.1) is 12.7 Å². The second-order valence-corrected chi connectivity index (χ2v) is 5.17. The van der Waals surface area contributed by atoms with Gasteiger partial charge in [0.1, 0.15) is 11.9 Å². The lowest BCUT2D eigenvalue weighted by atomic mass is 10.1. The molecule has 100 valence electrons. The molecular weight excluding hydrogens is 247 g/mol. The summed E-state index contributed by atoms with van der Waals surface area (Å²) in [6.07, 6.45) is 1.90. The topological polar surface area (TPSA) is 49.4 Å². The van der Waals surface area contributed by atoms with Gasteiger partial charge < -0.3 is 5.32 Å². The third kappa shape index (κ3) is 2.09. The fraction of sp³-hybridized carbons (Fsp3) is 0.429. The first-order valence-corrected chi connectivity index (χ1v) is 6.45. The summed E-state index contributed by atoms with van der Waals surface area (Å²) in [6, 6.07) is 4.17. The molecule has 1 saturated carbocycles. The van der Waals surface area contributed by atoms with Crippen molar-refractivity contribution in [3.05, 3.63) is 29.6 Å². The van der Waals surface area contributed by atoms with E-state index >= 15 is 0 Å². The lowest BCUT2D eigenvalue weighted by molar-refractivity contribution is -0.139. The summed E-state index contributed by atoms with van der Waals surface area (Å²) in [6.45, 7) is 1.77. The Bertz CT molecular complexity index is 534. The van der Waals surface area contributed by atoms with Gasteiger partial charge in [-0.05, 0) is 31.4 Å². The number of imide groups is 1. The summed E-state index contributed by atoms with van der Waals surface area (Å²) in [7, 11) is 0. The van der Waals surface area contributed by atoms with Crippen LogP contribution in [0.4, 0.5) is 10.1 Å². The second-order valence-electron chi connectivity index (χ2n) is 5.17. The zero-order valence-electron chi connectivity index (χ0n) is 10.6. The molecule has 19 heavy (non-hydrogen) atoms. The van der Waals surface area contributed by atoms with Crippen LogP contribution in [0.5, 0.6) is 0 Å². The average Bonchev–Trinajstić information content (AvgIpc) is 3.13. The minimum absolute atomic E-state index is 0.0773. The van der Waals surface area contributed by atoms with Gasteiger partial charge in [0.15, 0.2) is 0 Å². The number of para-hydroxylation sites is 1. The molecule has 3 rings (SSSR count). The highest BCUT2D eigenvalue weighted by Gasteiger charge is 2.46. The Balaban J connectivity index is 1.81. The number of carbonyl (C=O) groups is 2. The Hall–Kier alpha value is -1.91. The van der Waals surface area contributed by atoms with Gasteiger partial charge in [0.05, 0.1) is 12.1 Å². The van der Waals surface area contributed by atoms with E-state index in [1.807, 2.05) is 0 Å². The van der Waals surface area contributed by atoms with E-state index < -0.39 is 11.9 Å². The molecule has 4 nitrogen and oxygen atoms in total. The molecule has 1 unspecified atom stereocenters. The normalized spacial score (nSPS) is 23.1. The van der Waals surface area contributed by atoms with Gasteiger partial charge in [0.25, 0.3) is 5.91 Å². The maximum atomic E-state index is 13.7. The first-order chi connectivity index (χ1) is 9.08. The van der Waals surface area contributed by atoms with Crippen molar-refractivity contribution in [2.24, 2.45) is 0 Å². The molecule has 1 aliphatic heterocycles. The van der Waals surface area contributed by atoms with Crippen LogP contribution < -0.4 is 5.32 Å². The molecule has 0 spiro atoms. The molecule has 1 N–H and O–H groups in total. The number of benzene rings is 1. The fourth-order valence-corrected chi connectivity index (χ4v) is 2.47. The molecule has 1 aromatic carbocycles. The van der Waals surface area contributed by atoms with Crippen LogP contribution in [0.3, 0.4) is 0 Å². The standard InChI is InChI=1S/C14H15FN2O2/c1-8-3-2-4-10(15)13(8)16-11-7-12(18)17(14(11)19)9-5-6-9/h2-4,9,11,16H,5-7H2,1H3. The van der Waals surface area contributed by atoms with Gasteiger partial charge in [0.2, 0.25) is 5.91 Å². The van der Waals surface area contributed by atoms with Gasteiger partial charge in [-0.15, -0.1) is 0 Å². The van der Waals surface area contributed by atoms with Crippen LogP contribution in [0.15, 0.2) is 18.2 Å². The van der Waals surface area contributed by atoms with Crippen molar-refractivity contribution < 1.29 is 14.0 Å². The van der Waals surface area contributed by atoms with Crippen LogP contribution in [-0.2, 0) is 9.59 Å². The number of rotatable bonds is 3. The minimum atomic E-state index is -0.635. The summed E-state index contributed by atoms with van der Waals surface area (Å²) < 4.78 is 13.7. The van der Waals surface area contributed by atoms with Crippen molar-refractivity contribution in [1.82, 2.24) is 4.90 Å². The Morgan fingerprint density at radius 1 is 1.32 bits per heavy atom. The van der Waals surface area contributed by atoms with Gasteiger partial charge >= 0.3 is 0 Å². The van der Waals surface area contributed by atoms with Crippen molar-refractivity contribution in [2.75, 3.05) is 5.32 Å². The highest BCUT2D eigenvalue weighted by Crippen LogP contribution is 2.32. The molecule has 5 heteroatoms. The summed E-state index contributed by atoms with van der Waals surface area (Å²) >= 11 is 0. The summed E-state index contributed by atoms with van der Waals surface area (Å²) in [4.78, 5) is 25.3. The monoisotopic (exact) mass is 262 g/mol. The maximum absolute atomic E-state index is 13.7. The number of carbonyl (C=O) groups excluding carboxylic acids is 2. The van der Waals surface area contributed by atoms with Crippen LogP contribution in [-0.4, -0.2) is 28.8 Å². The van der Waals surface area contributed by atoms with Gasteiger partial charge in [-0.2, -0.15) is 0 Å². The zero-order valence-corrected chi connectivity index (χ0v) is 10.6. The molecule has 2 amide bonds. The largest absolute Gasteiger partial charge is 0.371 e. The summed E-state index contributed by atoms with van der Waals surface area (Å²) in [5.74, 6) is -0.778.